The summed E-state index contributed by atoms with van der Waals surface area (Å²) in [6.45, 7) is 5.87. The lowest BCUT2D eigenvalue weighted by Crippen LogP contribution is -2.44. The first kappa shape index (κ1) is 16.7. The van der Waals surface area contributed by atoms with E-state index >= 15 is 0 Å². The van der Waals surface area contributed by atoms with Crippen LogP contribution in [0.1, 0.15) is 32.3 Å². The number of carbonyl (C=O) groups is 2. The quantitative estimate of drug-likeness (QED) is 0.865. The second-order valence-corrected chi connectivity index (χ2v) is 5.05. The molecular formula is C16H21N3O2. The highest BCUT2D eigenvalue weighted by Gasteiger charge is 2.26. The molecule has 0 aliphatic heterocycles. The van der Waals surface area contributed by atoms with Crippen molar-refractivity contribution in [2.24, 2.45) is 0 Å². The average molecular weight is 287 g/mol. The van der Waals surface area contributed by atoms with Crippen LogP contribution >= 0.6 is 0 Å². The van der Waals surface area contributed by atoms with Gasteiger partial charge in [0.2, 0.25) is 11.8 Å². The fourth-order valence-electron chi connectivity index (χ4n) is 1.99. The van der Waals surface area contributed by atoms with Crippen LogP contribution in [-0.4, -0.2) is 35.8 Å². The first-order valence-corrected chi connectivity index (χ1v) is 7.02. The molecule has 112 valence electrons. The van der Waals surface area contributed by atoms with Crippen LogP contribution in [0.2, 0.25) is 0 Å². The molecule has 1 atom stereocenters. The number of nitriles is 1. The number of carbonyl (C=O) groups excluding carboxylic acids is 2. The van der Waals surface area contributed by atoms with E-state index < -0.39 is 5.92 Å². The first-order valence-electron chi connectivity index (χ1n) is 7.02. The summed E-state index contributed by atoms with van der Waals surface area (Å²) in [6, 6.07) is 10.9. The Kier molecular flexibility index (Phi) is 6.41. The van der Waals surface area contributed by atoms with Crippen molar-refractivity contribution in [3.05, 3.63) is 35.9 Å². The maximum Gasteiger partial charge on any atom is 0.244 e. The number of nitrogens with one attached hydrogen (secondary N) is 1. The fraction of sp³-hybridized carbons (Fsp3) is 0.438. The van der Waals surface area contributed by atoms with E-state index in [1.165, 1.54) is 4.90 Å². The van der Waals surface area contributed by atoms with Crippen molar-refractivity contribution in [1.29, 1.82) is 5.26 Å². The lowest BCUT2D eigenvalue weighted by molar-refractivity contribution is -0.136. The van der Waals surface area contributed by atoms with E-state index in [1.54, 1.807) is 31.2 Å². The van der Waals surface area contributed by atoms with E-state index in [0.29, 0.717) is 12.1 Å². The van der Waals surface area contributed by atoms with Gasteiger partial charge in [0, 0.05) is 12.6 Å². The molecule has 21 heavy (non-hydrogen) atoms. The molecule has 0 saturated carbocycles. The summed E-state index contributed by atoms with van der Waals surface area (Å²) < 4.78 is 0. The Balaban J connectivity index is 2.82. The Hall–Kier alpha value is -2.35. The molecule has 1 N–H and O–H groups in total. The Morgan fingerprint density at radius 3 is 2.38 bits per heavy atom. The van der Waals surface area contributed by atoms with Crippen molar-refractivity contribution in [3.63, 3.8) is 0 Å². The Bertz CT molecular complexity index is 520. The topological polar surface area (TPSA) is 73.2 Å². The van der Waals surface area contributed by atoms with Crippen LogP contribution in [0.4, 0.5) is 0 Å². The van der Waals surface area contributed by atoms with E-state index in [2.05, 4.69) is 5.32 Å². The molecule has 5 nitrogen and oxygen atoms in total. The number of benzene rings is 1. The van der Waals surface area contributed by atoms with Gasteiger partial charge >= 0.3 is 0 Å². The number of hydrogen-bond acceptors (Lipinski definition) is 3. The predicted molar refractivity (Wildman–Crippen MR) is 80.3 cm³/mol. The van der Waals surface area contributed by atoms with Gasteiger partial charge in [-0.2, -0.15) is 5.26 Å². The molecule has 2 amide bonds. The summed E-state index contributed by atoms with van der Waals surface area (Å²) in [7, 11) is 0. The second kappa shape index (κ2) is 8.05. The van der Waals surface area contributed by atoms with Gasteiger partial charge in [0.15, 0.2) is 0 Å². The highest BCUT2D eigenvalue weighted by atomic mass is 16.2. The Morgan fingerprint density at radius 1 is 1.29 bits per heavy atom. The minimum Gasteiger partial charge on any atom is -0.352 e. The molecule has 0 aliphatic rings. The molecule has 1 aromatic carbocycles. The summed E-state index contributed by atoms with van der Waals surface area (Å²) in [5.41, 5.74) is 0.646. The van der Waals surface area contributed by atoms with E-state index in [0.717, 1.165) is 0 Å². The lowest BCUT2D eigenvalue weighted by Gasteiger charge is -2.23. The Morgan fingerprint density at radius 2 is 1.90 bits per heavy atom. The van der Waals surface area contributed by atoms with Crippen LogP contribution in [0.25, 0.3) is 0 Å². The van der Waals surface area contributed by atoms with E-state index in [1.807, 2.05) is 26.0 Å². The lowest BCUT2D eigenvalue weighted by atomic mass is 9.99. The van der Waals surface area contributed by atoms with Crippen LogP contribution in [0.3, 0.4) is 0 Å². The van der Waals surface area contributed by atoms with Crippen molar-refractivity contribution < 1.29 is 9.59 Å². The highest BCUT2D eigenvalue weighted by molar-refractivity contribution is 5.90. The number of hydrogen-bond donors (Lipinski definition) is 1. The largest absolute Gasteiger partial charge is 0.352 e. The smallest absolute Gasteiger partial charge is 0.244 e. The van der Waals surface area contributed by atoms with Crippen LogP contribution in [-0.2, 0) is 9.59 Å². The molecule has 0 spiro atoms. The maximum absolute atomic E-state index is 12.5. The minimum absolute atomic E-state index is 0.0206. The maximum atomic E-state index is 12.5. The van der Waals surface area contributed by atoms with Crippen LogP contribution in [0.5, 0.6) is 0 Å². The SMILES string of the molecule is CCN(CC(=O)NC(C)C)C(=O)C(C#N)c1ccccc1. The monoisotopic (exact) mass is 287 g/mol. The van der Waals surface area contributed by atoms with Crippen molar-refractivity contribution in [1.82, 2.24) is 10.2 Å². The number of amides is 2. The third kappa shape index (κ3) is 4.92. The van der Waals surface area contributed by atoms with Gasteiger partial charge in [0.25, 0.3) is 0 Å². The van der Waals surface area contributed by atoms with Crippen molar-refractivity contribution in [2.45, 2.75) is 32.7 Å². The van der Waals surface area contributed by atoms with Crippen molar-refractivity contribution >= 4 is 11.8 Å². The molecule has 0 fully saturated rings. The first-order chi connectivity index (χ1) is 9.99. The molecular weight excluding hydrogens is 266 g/mol. The third-order valence-electron chi connectivity index (χ3n) is 2.99. The zero-order chi connectivity index (χ0) is 15.8. The van der Waals surface area contributed by atoms with Gasteiger partial charge in [-0.3, -0.25) is 9.59 Å². The molecule has 0 aromatic heterocycles. The van der Waals surface area contributed by atoms with Gasteiger partial charge in [0.1, 0.15) is 5.92 Å². The van der Waals surface area contributed by atoms with Gasteiger partial charge < -0.3 is 10.2 Å². The van der Waals surface area contributed by atoms with E-state index in [9.17, 15) is 14.9 Å². The molecule has 5 heteroatoms. The molecule has 1 rings (SSSR count). The number of nitrogens with zero attached hydrogens (tertiary/aromatic N) is 2. The summed E-state index contributed by atoms with van der Waals surface area (Å²) in [6.07, 6.45) is 0. The van der Waals surface area contributed by atoms with Gasteiger partial charge in [-0.05, 0) is 26.3 Å². The molecule has 0 bridgehead atoms. The fourth-order valence-corrected chi connectivity index (χ4v) is 1.99. The molecule has 1 unspecified atom stereocenters. The summed E-state index contributed by atoms with van der Waals surface area (Å²) in [5, 5.41) is 12.0. The highest BCUT2D eigenvalue weighted by Crippen LogP contribution is 2.17. The molecule has 0 heterocycles. The Labute approximate surface area is 125 Å². The third-order valence-corrected chi connectivity index (χ3v) is 2.99. The standard InChI is InChI=1S/C16H21N3O2/c1-4-19(11-15(20)18-12(2)3)16(21)14(10-17)13-8-6-5-7-9-13/h5-9,12,14H,4,11H2,1-3H3,(H,18,20). The zero-order valence-electron chi connectivity index (χ0n) is 12.7. The van der Waals surface area contributed by atoms with Gasteiger partial charge in [-0.25, -0.2) is 0 Å². The number of rotatable bonds is 6. The normalized spacial score (nSPS) is 11.6. The predicted octanol–water partition coefficient (Wildman–Crippen LogP) is 1.67. The summed E-state index contributed by atoms with van der Waals surface area (Å²) in [5.74, 6) is -1.44. The molecule has 0 radical (unpaired) electrons. The van der Waals surface area contributed by atoms with E-state index in [-0.39, 0.29) is 24.4 Å². The van der Waals surface area contributed by atoms with E-state index in [4.69, 9.17) is 0 Å². The second-order valence-electron chi connectivity index (χ2n) is 5.05. The van der Waals surface area contributed by atoms with Crippen LogP contribution in [0, 0.1) is 11.3 Å². The van der Waals surface area contributed by atoms with Gasteiger partial charge in [-0.1, -0.05) is 30.3 Å². The number of likely N-dealkylation sites (N-methyl/N-ethyl adjacent to an activating group) is 1. The minimum atomic E-state index is -0.877. The summed E-state index contributed by atoms with van der Waals surface area (Å²) >= 11 is 0. The molecule has 0 aliphatic carbocycles. The van der Waals surface area contributed by atoms with Crippen LogP contribution in [0.15, 0.2) is 30.3 Å². The van der Waals surface area contributed by atoms with Crippen molar-refractivity contribution in [3.8, 4) is 6.07 Å². The molecule has 1 aromatic rings. The van der Waals surface area contributed by atoms with Gasteiger partial charge in [-0.15, -0.1) is 0 Å². The van der Waals surface area contributed by atoms with Gasteiger partial charge in [0.05, 0.1) is 12.6 Å². The average Bonchev–Trinajstić information content (AvgIpc) is 2.45. The van der Waals surface area contributed by atoms with Crippen LogP contribution < -0.4 is 5.32 Å². The summed E-state index contributed by atoms with van der Waals surface area (Å²) in [4.78, 5) is 25.6. The van der Waals surface area contributed by atoms with Crippen molar-refractivity contribution in [2.75, 3.05) is 13.1 Å². The zero-order valence-corrected chi connectivity index (χ0v) is 12.7. The molecule has 0 saturated heterocycles.